The van der Waals surface area contributed by atoms with Crippen LogP contribution in [0.15, 0.2) is 72.6 Å². The van der Waals surface area contributed by atoms with Crippen molar-refractivity contribution in [2.24, 2.45) is 0 Å². The van der Waals surface area contributed by atoms with E-state index in [1.165, 1.54) is 4.90 Å². The number of benzene rings is 2. The van der Waals surface area contributed by atoms with E-state index in [2.05, 4.69) is 18.8 Å². The highest BCUT2D eigenvalue weighted by Gasteiger charge is 2.46. The summed E-state index contributed by atoms with van der Waals surface area (Å²) in [6, 6.07) is 16.0. The standard InChI is InChI=1S/C28H28N2O4/c1-17(2)20-7-9-21(10-8-20)25-24(26(31)22-11-12-23(34-4)18(3)14-22)27(32)28(33)30(25)16-19-6-5-13-29-15-19/h5-15,17,25,31H,16H2,1-4H3/b26-24-. The topological polar surface area (TPSA) is 79.7 Å². The van der Waals surface area contributed by atoms with Crippen LogP contribution in [0.5, 0.6) is 5.75 Å². The molecule has 174 valence electrons. The predicted molar refractivity (Wildman–Crippen MR) is 130 cm³/mol. The number of carbonyl (C=O) groups is 2. The molecule has 2 aromatic carbocycles. The van der Waals surface area contributed by atoms with E-state index < -0.39 is 17.7 Å². The minimum Gasteiger partial charge on any atom is -0.507 e. The lowest BCUT2D eigenvalue weighted by Gasteiger charge is -2.25. The van der Waals surface area contributed by atoms with Crippen molar-refractivity contribution >= 4 is 17.4 Å². The van der Waals surface area contributed by atoms with E-state index in [9.17, 15) is 14.7 Å². The number of hydrogen-bond donors (Lipinski definition) is 1. The molecule has 1 aliphatic heterocycles. The number of hydrogen-bond acceptors (Lipinski definition) is 5. The Hall–Kier alpha value is -3.93. The number of methoxy groups -OCH3 is 1. The van der Waals surface area contributed by atoms with Gasteiger partial charge in [-0.2, -0.15) is 0 Å². The summed E-state index contributed by atoms with van der Waals surface area (Å²) in [5.74, 6) is -0.524. The van der Waals surface area contributed by atoms with Crippen molar-refractivity contribution < 1.29 is 19.4 Å². The molecular formula is C28H28N2O4. The number of ketones is 1. The van der Waals surface area contributed by atoms with Crippen LogP contribution in [0.25, 0.3) is 5.76 Å². The minimum absolute atomic E-state index is 0.0794. The Labute approximate surface area is 199 Å². The number of carbonyl (C=O) groups excluding carboxylic acids is 2. The van der Waals surface area contributed by atoms with E-state index in [0.29, 0.717) is 17.2 Å². The molecule has 0 spiro atoms. The van der Waals surface area contributed by atoms with Gasteiger partial charge < -0.3 is 14.7 Å². The highest BCUT2D eigenvalue weighted by atomic mass is 16.5. The third-order valence-electron chi connectivity index (χ3n) is 6.20. The fraction of sp³-hybridized carbons (Fsp3) is 0.250. The van der Waals surface area contributed by atoms with Gasteiger partial charge in [-0.25, -0.2) is 0 Å². The molecule has 1 aromatic heterocycles. The van der Waals surface area contributed by atoms with Crippen molar-refractivity contribution in [3.8, 4) is 5.75 Å². The van der Waals surface area contributed by atoms with E-state index >= 15 is 0 Å². The second-order valence-corrected chi connectivity index (χ2v) is 8.79. The van der Waals surface area contributed by atoms with E-state index in [4.69, 9.17) is 4.74 Å². The molecule has 1 aliphatic rings. The summed E-state index contributed by atoms with van der Waals surface area (Å²) in [6.45, 7) is 6.27. The lowest BCUT2D eigenvalue weighted by molar-refractivity contribution is -0.140. The van der Waals surface area contributed by atoms with E-state index in [0.717, 1.165) is 22.3 Å². The molecule has 6 heteroatoms. The van der Waals surface area contributed by atoms with Crippen LogP contribution in [0.1, 0.15) is 53.6 Å². The van der Waals surface area contributed by atoms with Gasteiger partial charge in [0.15, 0.2) is 0 Å². The number of ether oxygens (including phenoxy) is 1. The monoisotopic (exact) mass is 456 g/mol. The van der Waals surface area contributed by atoms with Gasteiger partial charge >= 0.3 is 0 Å². The van der Waals surface area contributed by atoms with Crippen LogP contribution < -0.4 is 4.74 Å². The summed E-state index contributed by atoms with van der Waals surface area (Å²) in [5.41, 5.74) is 4.07. The molecule has 1 fully saturated rings. The van der Waals surface area contributed by atoms with Crippen molar-refractivity contribution in [1.29, 1.82) is 0 Å². The molecule has 34 heavy (non-hydrogen) atoms. The molecule has 1 saturated heterocycles. The number of amides is 1. The molecule has 2 heterocycles. The first kappa shape index (κ1) is 23.2. The maximum atomic E-state index is 13.2. The van der Waals surface area contributed by atoms with Crippen molar-refractivity contribution in [3.63, 3.8) is 0 Å². The van der Waals surface area contributed by atoms with Gasteiger partial charge in [-0.05, 0) is 59.4 Å². The summed E-state index contributed by atoms with van der Waals surface area (Å²) >= 11 is 0. The molecule has 4 rings (SSSR count). The largest absolute Gasteiger partial charge is 0.507 e. The second kappa shape index (κ2) is 9.51. The fourth-order valence-electron chi connectivity index (χ4n) is 4.32. The molecule has 1 atom stereocenters. The first-order valence-corrected chi connectivity index (χ1v) is 11.2. The van der Waals surface area contributed by atoms with Gasteiger partial charge in [-0.3, -0.25) is 14.6 Å². The van der Waals surface area contributed by atoms with Crippen molar-refractivity contribution in [2.75, 3.05) is 7.11 Å². The van der Waals surface area contributed by atoms with Gasteiger partial charge in [0.05, 0.1) is 18.7 Å². The normalized spacial score (nSPS) is 17.4. The smallest absolute Gasteiger partial charge is 0.295 e. The van der Waals surface area contributed by atoms with Crippen LogP contribution in [-0.4, -0.2) is 33.8 Å². The third kappa shape index (κ3) is 4.31. The number of aliphatic hydroxyl groups excluding tert-OH is 1. The van der Waals surface area contributed by atoms with Crippen molar-refractivity contribution in [1.82, 2.24) is 9.88 Å². The quantitative estimate of drug-likeness (QED) is 0.315. The zero-order chi connectivity index (χ0) is 24.4. The average molecular weight is 457 g/mol. The molecule has 3 aromatic rings. The average Bonchev–Trinajstić information content (AvgIpc) is 3.09. The Morgan fingerprint density at radius 1 is 1.12 bits per heavy atom. The number of aliphatic hydroxyl groups is 1. The van der Waals surface area contributed by atoms with Gasteiger partial charge in [-0.1, -0.05) is 44.2 Å². The summed E-state index contributed by atoms with van der Waals surface area (Å²) in [7, 11) is 1.58. The van der Waals surface area contributed by atoms with Gasteiger partial charge in [0.1, 0.15) is 11.5 Å². The van der Waals surface area contributed by atoms with Gasteiger partial charge in [0, 0.05) is 24.5 Å². The van der Waals surface area contributed by atoms with Crippen LogP contribution in [0.3, 0.4) is 0 Å². The van der Waals surface area contributed by atoms with Gasteiger partial charge in [-0.15, -0.1) is 0 Å². The molecule has 0 saturated carbocycles. The number of Topliss-reactive ketones (excluding diaryl/α,β-unsaturated/α-hetero) is 1. The van der Waals surface area contributed by atoms with Crippen LogP contribution >= 0.6 is 0 Å². The predicted octanol–water partition coefficient (Wildman–Crippen LogP) is 5.14. The number of rotatable bonds is 6. The summed E-state index contributed by atoms with van der Waals surface area (Å²) in [4.78, 5) is 32.0. The zero-order valence-electron chi connectivity index (χ0n) is 19.8. The van der Waals surface area contributed by atoms with E-state index in [-0.39, 0.29) is 17.9 Å². The molecule has 0 bridgehead atoms. The van der Waals surface area contributed by atoms with E-state index in [1.807, 2.05) is 37.3 Å². The maximum absolute atomic E-state index is 13.2. The summed E-state index contributed by atoms with van der Waals surface area (Å²) < 4.78 is 5.31. The third-order valence-corrected chi connectivity index (χ3v) is 6.20. The maximum Gasteiger partial charge on any atom is 0.295 e. The van der Waals surface area contributed by atoms with E-state index in [1.54, 1.807) is 43.8 Å². The molecule has 0 radical (unpaired) electrons. The Morgan fingerprint density at radius 3 is 2.44 bits per heavy atom. The first-order chi connectivity index (χ1) is 16.3. The minimum atomic E-state index is -0.719. The van der Waals surface area contributed by atoms with Crippen LogP contribution in [0, 0.1) is 6.92 Å². The number of aryl methyl sites for hydroxylation is 1. The van der Waals surface area contributed by atoms with Crippen LogP contribution in [-0.2, 0) is 16.1 Å². The SMILES string of the molecule is COc1ccc(/C(O)=C2/C(=O)C(=O)N(Cc3cccnc3)C2c2ccc(C(C)C)cc2)cc1C. The summed E-state index contributed by atoms with van der Waals surface area (Å²) in [5, 5.41) is 11.3. The van der Waals surface area contributed by atoms with Gasteiger partial charge in [0.25, 0.3) is 11.7 Å². The van der Waals surface area contributed by atoms with Crippen LogP contribution in [0.4, 0.5) is 0 Å². The number of pyridine rings is 1. The highest BCUT2D eigenvalue weighted by molar-refractivity contribution is 6.46. The first-order valence-electron chi connectivity index (χ1n) is 11.2. The number of likely N-dealkylation sites (tertiary alicyclic amines) is 1. The molecule has 1 amide bonds. The fourth-order valence-corrected chi connectivity index (χ4v) is 4.32. The second-order valence-electron chi connectivity index (χ2n) is 8.79. The summed E-state index contributed by atoms with van der Waals surface area (Å²) in [6.07, 6.45) is 3.33. The molecule has 1 N–H and O–H groups in total. The Bertz CT molecular complexity index is 1250. The van der Waals surface area contributed by atoms with Crippen LogP contribution in [0.2, 0.25) is 0 Å². The molecular weight excluding hydrogens is 428 g/mol. The number of aromatic nitrogens is 1. The van der Waals surface area contributed by atoms with Gasteiger partial charge in [0.2, 0.25) is 0 Å². The Balaban J connectivity index is 1.85. The zero-order valence-corrected chi connectivity index (χ0v) is 19.8. The van der Waals surface area contributed by atoms with Crippen molar-refractivity contribution in [3.05, 3.63) is 100 Å². The lowest BCUT2D eigenvalue weighted by Crippen LogP contribution is -2.29. The molecule has 6 nitrogen and oxygen atoms in total. The molecule has 1 unspecified atom stereocenters. The number of nitrogens with zero attached hydrogens (tertiary/aromatic N) is 2. The van der Waals surface area contributed by atoms with Crippen molar-refractivity contribution in [2.45, 2.75) is 39.3 Å². The lowest BCUT2D eigenvalue weighted by atomic mass is 9.93. The Morgan fingerprint density at radius 2 is 1.85 bits per heavy atom. The Kier molecular flexibility index (Phi) is 6.50. The molecule has 0 aliphatic carbocycles. The highest BCUT2D eigenvalue weighted by Crippen LogP contribution is 2.41.